The summed E-state index contributed by atoms with van der Waals surface area (Å²) in [5.41, 5.74) is 7.11. The Morgan fingerprint density at radius 1 is 1.10 bits per heavy atom. The number of benzene rings is 1. The first-order valence-electron chi connectivity index (χ1n) is 13.4. The van der Waals surface area contributed by atoms with Crippen molar-refractivity contribution in [3.63, 3.8) is 0 Å². The summed E-state index contributed by atoms with van der Waals surface area (Å²) in [6.07, 6.45) is 3.33. The van der Waals surface area contributed by atoms with Gasteiger partial charge in [0.25, 0.3) is 5.91 Å². The van der Waals surface area contributed by atoms with Crippen LogP contribution < -0.4 is 20.5 Å². The van der Waals surface area contributed by atoms with E-state index in [1.54, 1.807) is 38.2 Å². The summed E-state index contributed by atoms with van der Waals surface area (Å²) in [6, 6.07) is 1.50. The van der Waals surface area contributed by atoms with Crippen molar-refractivity contribution in [2.24, 2.45) is 17.6 Å². The number of primary amides is 1. The topological polar surface area (TPSA) is 159 Å². The number of amides is 2. The lowest BCUT2D eigenvalue weighted by molar-refractivity contribution is -0.112. The molecule has 2 bridgehead atoms. The molecule has 1 aliphatic heterocycles. The van der Waals surface area contributed by atoms with Gasteiger partial charge < -0.3 is 44.9 Å². The largest absolute Gasteiger partial charge is 0.504 e. The van der Waals surface area contributed by atoms with Crippen molar-refractivity contribution >= 4 is 17.7 Å². The Bertz CT molecular complexity index is 1160. The van der Waals surface area contributed by atoms with Crippen LogP contribution in [0.4, 0.5) is 10.5 Å². The van der Waals surface area contributed by atoms with Crippen molar-refractivity contribution in [2.75, 3.05) is 33.8 Å². The van der Waals surface area contributed by atoms with E-state index in [2.05, 4.69) is 5.32 Å². The number of nitrogens with two attached hydrogens (primary N) is 1. The Kier molecular flexibility index (Phi) is 12.7. The molecule has 2 rings (SSSR count). The quantitative estimate of drug-likeness (QED) is 0.301. The van der Waals surface area contributed by atoms with Crippen LogP contribution in [0, 0.1) is 11.8 Å². The number of phenols is 1. The van der Waals surface area contributed by atoms with Gasteiger partial charge in [-0.25, -0.2) is 4.79 Å². The summed E-state index contributed by atoms with van der Waals surface area (Å²) in [4.78, 5) is 24.8. The second kappa shape index (κ2) is 15.5. The van der Waals surface area contributed by atoms with Gasteiger partial charge in [-0.15, -0.1) is 0 Å². The lowest BCUT2D eigenvalue weighted by atomic mass is 9.87. The van der Waals surface area contributed by atoms with Crippen LogP contribution in [0.15, 0.2) is 41.5 Å². The Morgan fingerprint density at radius 3 is 2.34 bits per heavy atom. The highest BCUT2D eigenvalue weighted by atomic mass is 16.6. The fourth-order valence-electron chi connectivity index (χ4n) is 4.96. The van der Waals surface area contributed by atoms with E-state index in [4.69, 9.17) is 29.4 Å². The molecule has 2 amide bonds. The van der Waals surface area contributed by atoms with Crippen LogP contribution in [-0.2, 0) is 25.4 Å². The predicted molar refractivity (Wildman–Crippen MR) is 155 cm³/mol. The molecule has 228 valence electrons. The summed E-state index contributed by atoms with van der Waals surface area (Å²) in [5.74, 6) is -0.523. The number of carbonyl (C=O) groups is 2. The van der Waals surface area contributed by atoms with Crippen LogP contribution in [0.25, 0.3) is 0 Å². The van der Waals surface area contributed by atoms with Gasteiger partial charge in [0.2, 0.25) is 0 Å². The number of nitrogens with one attached hydrogen (secondary N) is 1. The normalized spacial score (nSPS) is 29.7. The third-order valence-electron chi connectivity index (χ3n) is 7.19. The Hall–Kier alpha value is -3.54. The van der Waals surface area contributed by atoms with Gasteiger partial charge in [-0.3, -0.25) is 4.79 Å². The molecule has 0 aliphatic carbocycles. The molecule has 41 heavy (non-hydrogen) atoms. The number of hydrogen-bond acceptors (Lipinski definition) is 9. The monoisotopic (exact) mass is 576 g/mol. The Labute approximate surface area is 241 Å². The molecule has 1 aliphatic rings. The summed E-state index contributed by atoms with van der Waals surface area (Å²) in [7, 11) is 5.87. The average molecular weight is 577 g/mol. The molecular weight excluding hydrogens is 532 g/mol. The van der Waals surface area contributed by atoms with Gasteiger partial charge in [0.15, 0.2) is 17.6 Å². The maximum absolute atomic E-state index is 13.1. The van der Waals surface area contributed by atoms with E-state index >= 15 is 0 Å². The van der Waals surface area contributed by atoms with Gasteiger partial charge in [-0.2, -0.15) is 0 Å². The third-order valence-corrected chi connectivity index (χ3v) is 7.19. The number of allylic oxidation sites excluding steroid dienone is 2. The van der Waals surface area contributed by atoms with Crippen LogP contribution in [0.1, 0.15) is 39.7 Å². The fourth-order valence-corrected chi connectivity index (χ4v) is 4.96. The molecule has 0 unspecified atom stereocenters. The number of anilines is 1. The molecular formula is C30H44N2O9. The van der Waals surface area contributed by atoms with Crippen molar-refractivity contribution in [3.05, 3.63) is 47.1 Å². The average Bonchev–Trinajstić information content (AvgIpc) is 2.93. The standard InChI is InChI=1S/C30H44N2O9/c1-16-12-20-26(34)24(39-7)15-21(28(20)40-8)32-29(35)17(2)10-9-11-22(37-5)27(41-30(31)36)19(4)14-18(3)25(33)23(13-16)38-6/h9-11,14-16,18,22-23,25,27,33-34H,12-13H2,1-8H3,(H2,31,36)(H,32,35)/b11-9-,17-10+,19-14+/t16-,18+,22+,23+,25-,27-/m1/s1. The maximum Gasteiger partial charge on any atom is 0.405 e. The van der Waals surface area contributed by atoms with Gasteiger partial charge in [-0.05, 0) is 38.2 Å². The van der Waals surface area contributed by atoms with E-state index in [1.165, 1.54) is 34.5 Å². The highest BCUT2D eigenvalue weighted by Gasteiger charge is 2.30. The zero-order chi connectivity index (χ0) is 30.9. The van der Waals surface area contributed by atoms with E-state index < -0.39 is 42.3 Å². The molecule has 5 N–H and O–H groups in total. The minimum absolute atomic E-state index is 0.0946. The van der Waals surface area contributed by atoms with Gasteiger partial charge in [0.05, 0.1) is 32.1 Å². The number of rotatable bonds is 5. The molecule has 1 aromatic rings. The first kappa shape index (κ1) is 33.7. The number of methoxy groups -OCH3 is 4. The Morgan fingerprint density at radius 2 is 1.78 bits per heavy atom. The van der Waals surface area contributed by atoms with Crippen LogP contribution in [0.3, 0.4) is 0 Å². The van der Waals surface area contributed by atoms with Crippen molar-refractivity contribution in [3.8, 4) is 17.2 Å². The van der Waals surface area contributed by atoms with E-state index in [9.17, 15) is 19.8 Å². The maximum atomic E-state index is 13.1. The molecule has 0 fully saturated rings. The molecule has 0 spiro atoms. The number of fused-ring (bicyclic) bond motifs is 2. The number of phenolic OH excluding ortho intramolecular Hbond substituents is 1. The lowest BCUT2D eigenvalue weighted by Crippen LogP contribution is -2.37. The number of aliphatic hydroxyl groups excluding tert-OH is 1. The minimum atomic E-state index is -0.978. The van der Waals surface area contributed by atoms with E-state index in [-0.39, 0.29) is 17.4 Å². The minimum Gasteiger partial charge on any atom is -0.504 e. The Balaban J connectivity index is 2.69. The predicted octanol–water partition coefficient (Wildman–Crippen LogP) is 3.87. The first-order valence-corrected chi connectivity index (χ1v) is 13.4. The first-order chi connectivity index (χ1) is 19.4. The summed E-state index contributed by atoms with van der Waals surface area (Å²) in [6.45, 7) is 7.18. The number of ether oxygens (including phenoxy) is 5. The number of aliphatic hydroxyl groups is 1. The molecule has 0 saturated carbocycles. The number of aromatic hydroxyl groups is 1. The van der Waals surface area contributed by atoms with Gasteiger partial charge in [0, 0.05) is 37.3 Å². The third kappa shape index (κ3) is 8.72. The van der Waals surface area contributed by atoms with Gasteiger partial charge >= 0.3 is 6.09 Å². The number of carbonyl (C=O) groups excluding carboxylic acids is 2. The second-order valence-electron chi connectivity index (χ2n) is 10.3. The van der Waals surface area contributed by atoms with Crippen molar-refractivity contribution in [1.82, 2.24) is 0 Å². The van der Waals surface area contributed by atoms with Crippen molar-refractivity contribution < 1.29 is 43.5 Å². The summed E-state index contributed by atoms with van der Waals surface area (Å²) >= 11 is 0. The lowest BCUT2D eigenvalue weighted by Gasteiger charge is -2.29. The van der Waals surface area contributed by atoms with Gasteiger partial charge in [-0.1, -0.05) is 38.2 Å². The fraction of sp³-hybridized carbons (Fsp3) is 0.533. The summed E-state index contributed by atoms with van der Waals surface area (Å²) < 4.78 is 27.7. The number of hydrogen-bond donors (Lipinski definition) is 4. The molecule has 11 nitrogen and oxygen atoms in total. The van der Waals surface area contributed by atoms with Crippen LogP contribution in [0.5, 0.6) is 17.2 Å². The highest BCUT2D eigenvalue weighted by molar-refractivity contribution is 6.04. The van der Waals surface area contributed by atoms with E-state index in [0.29, 0.717) is 41.0 Å². The van der Waals surface area contributed by atoms with Crippen LogP contribution >= 0.6 is 0 Å². The van der Waals surface area contributed by atoms with Crippen molar-refractivity contribution in [2.45, 2.75) is 65.0 Å². The molecule has 0 radical (unpaired) electrons. The van der Waals surface area contributed by atoms with E-state index in [1.807, 2.05) is 13.8 Å². The van der Waals surface area contributed by atoms with E-state index in [0.717, 1.165) is 0 Å². The molecule has 0 saturated heterocycles. The van der Waals surface area contributed by atoms with Crippen LogP contribution in [0.2, 0.25) is 0 Å². The molecule has 6 atom stereocenters. The summed E-state index contributed by atoms with van der Waals surface area (Å²) in [5, 5.41) is 25.0. The molecule has 11 heteroatoms. The molecule has 1 aromatic carbocycles. The zero-order valence-corrected chi connectivity index (χ0v) is 25.1. The van der Waals surface area contributed by atoms with Gasteiger partial charge in [0.1, 0.15) is 11.9 Å². The zero-order valence-electron chi connectivity index (χ0n) is 25.1. The SMILES string of the molecule is COc1cc2c(OC)c(c1O)C[C@@H](C)C[C@H](OC)[C@H](O)[C@@H](C)/C=C(\C)[C@@H](OC(N)=O)[C@@H](OC)/C=C\C=C(/C)C(=O)N2. The van der Waals surface area contributed by atoms with Crippen molar-refractivity contribution in [1.29, 1.82) is 0 Å². The second-order valence-corrected chi connectivity index (χ2v) is 10.3. The molecule has 1 heterocycles. The highest BCUT2D eigenvalue weighted by Crippen LogP contribution is 2.44. The molecule has 0 aromatic heterocycles. The smallest absolute Gasteiger partial charge is 0.405 e. The van der Waals surface area contributed by atoms with Crippen LogP contribution in [-0.4, -0.2) is 75.1 Å².